The van der Waals surface area contributed by atoms with Crippen LogP contribution in [0.2, 0.25) is 0 Å². The summed E-state index contributed by atoms with van der Waals surface area (Å²) in [4.78, 5) is 41.0. The Morgan fingerprint density at radius 1 is 1.14 bits per heavy atom. The summed E-state index contributed by atoms with van der Waals surface area (Å²) in [5.74, 6) is 1.40. The summed E-state index contributed by atoms with van der Waals surface area (Å²) in [6, 6.07) is 6.93. The van der Waals surface area contributed by atoms with Crippen molar-refractivity contribution in [3.63, 3.8) is 0 Å². The topological polar surface area (TPSA) is 87.2 Å². The second-order valence-corrected chi connectivity index (χ2v) is 8.09. The number of hydrogen-bond acceptors (Lipinski definition) is 4. The summed E-state index contributed by atoms with van der Waals surface area (Å²) in [7, 11) is 0. The lowest BCUT2D eigenvalue weighted by molar-refractivity contribution is -0.121. The monoisotopic (exact) mass is 386 g/mol. The predicted octanol–water partition coefficient (Wildman–Crippen LogP) is 1.56. The first-order valence-electron chi connectivity index (χ1n) is 10.1. The molecule has 0 radical (unpaired) electrons. The maximum absolute atomic E-state index is 12.2. The first-order valence-corrected chi connectivity index (χ1v) is 10.1. The largest absolute Gasteiger partial charge is 0.356 e. The number of likely N-dealkylation sites (tertiary alicyclic amines) is 1. The van der Waals surface area contributed by atoms with E-state index in [9.17, 15) is 14.4 Å². The van der Waals surface area contributed by atoms with Gasteiger partial charge in [-0.1, -0.05) is 26.0 Å². The Labute approximate surface area is 164 Å². The van der Waals surface area contributed by atoms with Crippen LogP contribution in [0.5, 0.6) is 0 Å². The zero-order valence-electron chi connectivity index (χ0n) is 16.7. The molecule has 7 nitrogen and oxygen atoms in total. The molecule has 1 aromatic carbocycles. The SMILES string of the molecule is CC1CC(C)CN(CCCNC(=O)CCn2c(=O)[nH]c(=O)c3ccccc32)C1. The summed E-state index contributed by atoms with van der Waals surface area (Å²) >= 11 is 0. The first kappa shape index (κ1) is 20.3. The van der Waals surface area contributed by atoms with E-state index in [1.165, 1.54) is 11.0 Å². The number of para-hydroxylation sites is 1. The van der Waals surface area contributed by atoms with Gasteiger partial charge in [-0.2, -0.15) is 0 Å². The van der Waals surface area contributed by atoms with Gasteiger partial charge >= 0.3 is 5.69 Å². The van der Waals surface area contributed by atoms with Crippen LogP contribution in [0.4, 0.5) is 0 Å². The van der Waals surface area contributed by atoms with Crippen LogP contribution in [-0.4, -0.2) is 46.5 Å². The summed E-state index contributed by atoms with van der Waals surface area (Å²) in [5.41, 5.74) is -0.329. The van der Waals surface area contributed by atoms with Gasteiger partial charge in [-0.3, -0.25) is 19.1 Å². The van der Waals surface area contributed by atoms with E-state index in [2.05, 4.69) is 29.0 Å². The number of H-pyrrole nitrogens is 1. The highest BCUT2D eigenvalue weighted by atomic mass is 16.2. The maximum Gasteiger partial charge on any atom is 0.328 e. The van der Waals surface area contributed by atoms with E-state index in [-0.39, 0.29) is 18.9 Å². The van der Waals surface area contributed by atoms with Gasteiger partial charge in [0.25, 0.3) is 5.56 Å². The number of hydrogen-bond donors (Lipinski definition) is 2. The number of carbonyl (C=O) groups excluding carboxylic acids is 1. The summed E-state index contributed by atoms with van der Waals surface area (Å²) in [6.45, 7) is 8.75. The van der Waals surface area contributed by atoms with Crippen molar-refractivity contribution in [2.75, 3.05) is 26.2 Å². The Morgan fingerprint density at radius 2 is 1.86 bits per heavy atom. The Balaban J connectivity index is 1.47. The molecule has 1 aliphatic heterocycles. The molecule has 2 N–H and O–H groups in total. The van der Waals surface area contributed by atoms with E-state index in [0.717, 1.165) is 37.9 Å². The van der Waals surface area contributed by atoms with E-state index in [1.54, 1.807) is 24.3 Å². The van der Waals surface area contributed by atoms with Crippen molar-refractivity contribution in [2.24, 2.45) is 11.8 Å². The number of amides is 1. The number of nitrogens with one attached hydrogen (secondary N) is 2. The van der Waals surface area contributed by atoms with E-state index >= 15 is 0 Å². The molecule has 2 heterocycles. The quantitative estimate of drug-likeness (QED) is 0.707. The molecule has 1 amide bonds. The standard InChI is InChI=1S/C21H30N4O3/c1-15-12-16(2)14-24(13-15)10-5-9-22-19(26)8-11-25-18-7-4-3-6-17(18)20(27)23-21(25)28/h3-4,6-7,15-16H,5,8-14H2,1-2H3,(H,22,26)(H,23,27,28). The minimum absolute atomic E-state index is 0.0810. The molecule has 2 unspecified atom stereocenters. The molecule has 2 aromatic rings. The molecule has 2 atom stereocenters. The van der Waals surface area contributed by atoms with Crippen molar-refractivity contribution in [1.29, 1.82) is 0 Å². The van der Waals surface area contributed by atoms with Crippen molar-refractivity contribution in [3.8, 4) is 0 Å². The zero-order valence-corrected chi connectivity index (χ0v) is 16.7. The Hall–Kier alpha value is -2.41. The molecule has 0 saturated carbocycles. The number of piperidine rings is 1. The van der Waals surface area contributed by atoms with E-state index in [1.807, 2.05) is 0 Å². The highest BCUT2D eigenvalue weighted by Crippen LogP contribution is 2.20. The van der Waals surface area contributed by atoms with Gasteiger partial charge in [0.15, 0.2) is 0 Å². The van der Waals surface area contributed by atoms with Gasteiger partial charge in [0.2, 0.25) is 5.91 Å². The summed E-state index contributed by atoms with van der Waals surface area (Å²) in [6.07, 6.45) is 2.42. The molecule has 28 heavy (non-hydrogen) atoms. The third-order valence-corrected chi connectivity index (χ3v) is 5.39. The molecule has 152 valence electrons. The van der Waals surface area contributed by atoms with Gasteiger partial charge in [-0.15, -0.1) is 0 Å². The molecule has 1 fully saturated rings. The summed E-state index contributed by atoms with van der Waals surface area (Å²) < 4.78 is 1.45. The van der Waals surface area contributed by atoms with Crippen LogP contribution in [0.15, 0.2) is 33.9 Å². The number of aromatic nitrogens is 2. The average Bonchev–Trinajstić information content (AvgIpc) is 2.64. The average molecular weight is 386 g/mol. The van der Waals surface area contributed by atoms with Crippen molar-refractivity contribution in [2.45, 2.75) is 39.7 Å². The number of aryl methyl sites for hydroxylation is 1. The molecule has 0 bridgehead atoms. The normalized spacial score (nSPS) is 20.4. The number of nitrogens with zero attached hydrogens (tertiary/aromatic N) is 2. The van der Waals surface area contributed by atoms with Gasteiger partial charge in [0, 0.05) is 32.6 Å². The minimum atomic E-state index is -0.482. The predicted molar refractivity (Wildman–Crippen MR) is 110 cm³/mol. The first-order chi connectivity index (χ1) is 13.4. The van der Waals surface area contributed by atoms with Gasteiger partial charge < -0.3 is 10.2 Å². The number of benzene rings is 1. The molecule has 1 aliphatic rings. The van der Waals surface area contributed by atoms with Crippen molar-refractivity contribution in [1.82, 2.24) is 19.8 Å². The van der Waals surface area contributed by atoms with Crippen LogP contribution in [0.25, 0.3) is 10.9 Å². The molecule has 0 spiro atoms. The minimum Gasteiger partial charge on any atom is -0.356 e. The van der Waals surface area contributed by atoms with Gasteiger partial charge in [0.05, 0.1) is 10.9 Å². The number of rotatable bonds is 7. The van der Waals surface area contributed by atoms with E-state index < -0.39 is 11.2 Å². The third-order valence-electron chi connectivity index (χ3n) is 5.39. The van der Waals surface area contributed by atoms with Crippen LogP contribution in [-0.2, 0) is 11.3 Å². The fraction of sp³-hybridized carbons (Fsp3) is 0.571. The third kappa shape index (κ3) is 5.10. The second-order valence-electron chi connectivity index (χ2n) is 8.09. The molecule has 7 heteroatoms. The Morgan fingerprint density at radius 3 is 2.61 bits per heavy atom. The van der Waals surface area contributed by atoms with Crippen LogP contribution in [0, 0.1) is 11.8 Å². The van der Waals surface area contributed by atoms with E-state index in [4.69, 9.17) is 0 Å². The van der Waals surface area contributed by atoms with Gasteiger partial charge in [0.1, 0.15) is 0 Å². The smallest absolute Gasteiger partial charge is 0.328 e. The molecular weight excluding hydrogens is 356 g/mol. The lowest BCUT2D eigenvalue weighted by Gasteiger charge is -2.34. The highest BCUT2D eigenvalue weighted by molar-refractivity contribution is 5.78. The fourth-order valence-electron chi connectivity index (χ4n) is 4.27. The van der Waals surface area contributed by atoms with Crippen molar-refractivity contribution < 1.29 is 4.79 Å². The second kappa shape index (κ2) is 9.19. The number of carbonyl (C=O) groups is 1. The Bertz CT molecular complexity index is 923. The van der Waals surface area contributed by atoms with Gasteiger partial charge in [-0.25, -0.2) is 4.79 Å². The molecule has 0 aliphatic carbocycles. The lowest BCUT2D eigenvalue weighted by atomic mass is 9.92. The molecule has 1 saturated heterocycles. The zero-order chi connectivity index (χ0) is 20.1. The molecular formula is C21H30N4O3. The number of aromatic amines is 1. The van der Waals surface area contributed by atoms with Gasteiger partial charge in [-0.05, 0) is 43.4 Å². The van der Waals surface area contributed by atoms with Crippen molar-refractivity contribution >= 4 is 16.8 Å². The maximum atomic E-state index is 12.2. The van der Waals surface area contributed by atoms with Crippen LogP contribution < -0.4 is 16.6 Å². The molecule has 1 aromatic heterocycles. The highest BCUT2D eigenvalue weighted by Gasteiger charge is 2.21. The van der Waals surface area contributed by atoms with Crippen LogP contribution in [0.1, 0.15) is 33.1 Å². The lowest BCUT2D eigenvalue weighted by Crippen LogP contribution is -2.40. The number of fused-ring (bicyclic) bond motifs is 1. The molecule has 3 rings (SSSR count). The summed E-state index contributed by atoms with van der Waals surface area (Å²) in [5, 5.41) is 3.39. The van der Waals surface area contributed by atoms with Crippen LogP contribution >= 0.6 is 0 Å². The Kier molecular flexibility index (Phi) is 6.67. The fourth-order valence-corrected chi connectivity index (χ4v) is 4.27. The van der Waals surface area contributed by atoms with Crippen molar-refractivity contribution in [3.05, 3.63) is 45.1 Å². The van der Waals surface area contributed by atoms with Crippen LogP contribution in [0.3, 0.4) is 0 Å². The van der Waals surface area contributed by atoms with E-state index in [0.29, 0.717) is 17.4 Å².